The van der Waals surface area contributed by atoms with Gasteiger partial charge in [-0.1, -0.05) is 39.3 Å². The molecule has 1 fully saturated rings. The van der Waals surface area contributed by atoms with Crippen molar-refractivity contribution in [3.05, 3.63) is 35.9 Å². The number of likely N-dealkylation sites (tertiary alicyclic amines) is 1. The van der Waals surface area contributed by atoms with Crippen molar-refractivity contribution >= 4 is 48.0 Å². The molecule has 1 aromatic rings. The number of rotatable bonds is 3. The van der Waals surface area contributed by atoms with E-state index in [0.29, 0.717) is 4.90 Å². The van der Waals surface area contributed by atoms with Crippen LogP contribution >= 0.6 is 30.1 Å². The van der Waals surface area contributed by atoms with Gasteiger partial charge in [0.1, 0.15) is 11.9 Å². The highest BCUT2D eigenvalue weighted by Crippen LogP contribution is 2.30. The van der Waals surface area contributed by atoms with Crippen molar-refractivity contribution < 1.29 is 19.1 Å². The molecule has 1 atom stereocenters. The Balaban J connectivity index is 1.97. The highest BCUT2D eigenvalue weighted by molar-refractivity contribution is 14.2. The molecular weight excluding hydrogens is 381 g/mol. The van der Waals surface area contributed by atoms with Crippen LogP contribution in [0.5, 0.6) is 0 Å². The van der Waals surface area contributed by atoms with Crippen molar-refractivity contribution in [1.82, 2.24) is 4.90 Å². The first kappa shape index (κ1) is 14.3. The Morgan fingerprint density at radius 1 is 1.37 bits per heavy atom. The van der Waals surface area contributed by atoms with Gasteiger partial charge in [0.05, 0.1) is 0 Å². The van der Waals surface area contributed by atoms with Crippen LogP contribution < -0.4 is 0 Å². The minimum atomic E-state index is -0.896. The summed E-state index contributed by atoms with van der Waals surface area (Å²) in [6.07, 6.45) is -0.848. The molecule has 7 heteroatoms. The van der Waals surface area contributed by atoms with Gasteiger partial charge >= 0.3 is 6.09 Å². The Hall–Kier alpha value is -1.09. The average Bonchev–Trinajstić information content (AvgIpc) is 2.72. The molecule has 0 radical (unpaired) electrons. The van der Waals surface area contributed by atoms with E-state index < -0.39 is 23.2 Å². The summed E-state index contributed by atoms with van der Waals surface area (Å²) in [5, 5.41) is -0.489. The lowest BCUT2D eigenvalue weighted by atomic mass is 10.2. The van der Waals surface area contributed by atoms with Gasteiger partial charge in [-0.2, -0.15) is 4.90 Å². The number of hydrogen-bond donors (Lipinski definition) is 0. The minimum absolute atomic E-state index is 0.0405. The fourth-order valence-corrected chi connectivity index (χ4v) is 3.23. The standard InChI is InChI=1S/C12H10INO4S/c13-19-9-6-10(15)14(11(9)16)12(17)18-7-8-4-2-1-3-5-8/h1-5,9H,6-7H2. The van der Waals surface area contributed by atoms with Crippen LogP contribution in [0, 0.1) is 0 Å². The molecule has 0 saturated carbocycles. The van der Waals surface area contributed by atoms with Gasteiger partial charge in [-0.05, 0) is 26.8 Å². The Bertz CT molecular complexity index is 508. The number of imide groups is 3. The van der Waals surface area contributed by atoms with Crippen molar-refractivity contribution in [2.24, 2.45) is 0 Å². The zero-order valence-electron chi connectivity index (χ0n) is 9.74. The number of nitrogens with zero attached hydrogens (tertiary/aromatic N) is 1. The van der Waals surface area contributed by atoms with Crippen LogP contribution in [0.1, 0.15) is 12.0 Å². The summed E-state index contributed by atoms with van der Waals surface area (Å²) in [5.41, 5.74) is 0.801. The molecule has 0 bridgehead atoms. The number of benzene rings is 1. The fourth-order valence-electron chi connectivity index (χ4n) is 1.65. The van der Waals surface area contributed by atoms with Crippen LogP contribution in [0.3, 0.4) is 0 Å². The third kappa shape index (κ3) is 3.27. The fraction of sp³-hybridized carbons (Fsp3) is 0.250. The van der Waals surface area contributed by atoms with Gasteiger partial charge in [-0.15, -0.1) is 0 Å². The first-order valence-electron chi connectivity index (χ1n) is 5.48. The monoisotopic (exact) mass is 391 g/mol. The second kappa shape index (κ2) is 6.38. The van der Waals surface area contributed by atoms with Gasteiger partial charge in [-0.3, -0.25) is 9.59 Å². The Kier molecular flexibility index (Phi) is 4.81. The van der Waals surface area contributed by atoms with Crippen molar-refractivity contribution in [2.75, 3.05) is 0 Å². The number of carbonyl (C=O) groups excluding carboxylic acids is 3. The van der Waals surface area contributed by atoms with Crippen LogP contribution in [0.15, 0.2) is 30.3 Å². The van der Waals surface area contributed by atoms with Crippen LogP contribution in [-0.4, -0.2) is 28.1 Å². The maximum absolute atomic E-state index is 11.8. The van der Waals surface area contributed by atoms with Crippen molar-refractivity contribution in [3.63, 3.8) is 0 Å². The number of ether oxygens (including phenoxy) is 1. The quantitative estimate of drug-likeness (QED) is 0.586. The molecule has 19 heavy (non-hydrogen) atoms. The minimum Gasteiger partial charge on any atom is -0.444 e. The predicted octanol–water partition coefficient (Wildman–Crippen LogP) is 2.53. The molecular formula is C12H10INO4S. The number of hydrogen-bond acceptors (Lipinski definition) is 5. The first-order valence-corrected chi connectivity index (χ1v) is 8.90. The lowest BCUT2D eigenvalue weighted by molar-refractivity contribution is -0.136. The molecule has 5 nitrogen and oxygen atoms in total. The topological polar surface area (TPSA) is 63.7 Å². The molecule has 1 heterocycles. The summed E-state index contributed by atoms with van der Waals surface area (Å²) in [6.45, 7) is 0.0405. The summed E-state index contributed by atoms with van der Waals surface area (Å²) in [4.78, 5) is 35.7. The molecule has 1 saturated heterocycles. The number of carbonyl (C=O) groups is 3. The van der Waals surface area contributed by atoms with E-state index in [-0.39, 0.29) is 13.0 Å². The second-order valence-electron chi connectivity index (χ2n) is 3.89. The van der Waals surface area contributed by atoms with Crippen LogP contribution in [0.25, 0.3) is 0 Å². The van der Waals surface area contributed by atoms with Gasteiger partial charge in [-0.25, -0.2) is 4.79 Å². The smallest absolute Gasteiger partial charge is 0.423 e. The molecule has 2 rings (SSSR count). The summed E-state index contributed by atoms with van der Waals surface area (Å²) in [5.74, 6) is -1.00. The van der Waals surface area contributed by atoms with E-state index in [4.69, 9.17) is 4.74 Å². The first-order chi connectivity index (χ1) is 9.13. The Morgan fingerprint density at radius 2 is 2.05 bits per heavy atom. The maximum atomic E-state index is 11.8. The summed E-state index contributed by atoms with van der Waals surface area (Å²) >= 11 is 1.94. The molecule has 3 amide bonds. The molecule has 0 spiro atoms. The van der Waals surface area contributed by atoms with E-state index >= 15 is 0 Å². The normalized spacial score (nSPS) is 18.8. The third-order valence-electron chi connectivity index (χ3n) is 2.60. The van der Waals surface area contributed by atoms with Crippen LogP contribution in [-0.2, 0) is 20.9 Å². The van der Waals surface area contributed by atoms with E-state index in [1.54, 1.807) is 12.1 Å². The van der Waals surface area contributed by atoms with E-state index in [1.807, 2.05) is 39.4 Å². The van der Waals surface area contributed by atoms with Gasteiger partial charge in [0.25, 0.3) is 5.91 Å². The van der Waals surface area contributed by atoms with Crippen molar-refractivity contribution in [1.29, 1.82) is 0 Å². The van der Waals surface area contributed by atoms with Crippen molar-refractivity contribution in [2.45, 2.75) is 18.3 Å². The lowest BCUT2D eigenvalue weighted by Crippen LogP contribution is -2.37. The number of amides is 3. The summed E-state index contributed by atoms with van der Waals surface area (Å²) in [7, 11) is 1.23. The summed E-state index contributed by atoms with van der Waals surface area (Å²) in [6, 6.07) is 9.08. The van der Waals surface area contributed by atoms with Gasteiger partial charge in [0, 0.05) is 6.42 Å². The molecule has 0 aliphatic carbocycles. The van der Waals surface area contributed by atoms with E-state index in [1.165, 1.54) is 8.93 Å². The Morgan fingerprint density at radius 3 is 2.63 bits per heavy atom. The molecule has 0 N–H and O–H groups in total. The second-order valence-corrected chi connectivity index (χ2v) is 6.16. The van der Waals surface area contributed by atoms with E-state index in [0.717, 1.165) is 5.56 Å². The zero-order chi connectivity index (χ0) is 13.8. The molecule has 0 aromatic heterocycles. The molecule has 100 valence electrons. The zero-order valence-corrected chi connectivity index (χ0v) is 12.7. The average molecular weight is 391 g/mol. The highest BCUT2D eigenvalue weighted by atomic mass is 127. The largest absolute Gasteiger partial charge is 0.444 e. The highest BCUT2D eigenvalue weighted by Gasteiger charge is 2.43. The van der Waals surface area contributed by atoms with Gasteiger partial charge < -0.3 is 4.74 Å². The molecule has 1 aliphatic rings. The van der Waals surface area contributed by atoms with E-state index in [2.05, 4.69) is 0 Å². The molecule has 1 aliphatic heterocycles. The Labute approximate surface area is 126 Å². The van der Waals surface area contributed by atoms with Gasteiger partial charge in [0.2, 0.25) is 5.91 Å². The van der Waals surface area contributed by atoms with E-state index in [9.17, 15) is 14.4 Å². The SMILES string of the molecule is O=C1CC(SI)C(=O)N1C(=O)OCc1ccccc1. The molecule has 1 aromatic carbocycles. The number of halogens is 1. The molecule has 1 unspecified atom stereocenters. The lowest BCUT2D eigenvalue weighted by Gasteiger charge is -2.12. The van der Waals surface area contributed by atoms with Crippen molar-refractivity contribution in [3.8, 4) is 0 Å². The predicted molar refractivity (Wildman–Crippen MR) is 78.5 cm³/mol. The summed E-state index contributed by atoms with van der Waals surface area (Å²) < 4.78 is 4.98. The van der Waals surface area contributed by atoms with Crippen LogP contribution in [0.2, 0.25) is 0 Å². The van der Waals surface area contributed by atoms with Gasteiger partial charge in [0.15, 0.2) is 0 Å². The maximum Gasteiger partial charge on any atom is 0.423 e. The third-order valence-corrected chi connectivity index (χ3v) is 5.03. The van der Waals surface area contributed by atoms with Crippen LogP contribution in [0.4, 0.5) is 4.79 Å².